The molecule has 98 valence electrons. The molecule has 2 saturated heterocycles. The number of benzene rings is 1. The van der Waals surface area contributed by atoms with E-state index >= 15 is 0 Å². The van der Waals surface area contributed by atoms with Crippen molar-refractivity contribution in [1.29, 1.82) is 0 Å². The first-order valence-corrected chi connectivity index (χ1v) is 6.95. The van der Waals surface area contributed by atoms with Crippen molar-refractivity contribution in [2.75, 3.05) is 6.54 Å². The van der Waals surface area contributed by atoms with E-state index in [9.17, 15) is 0 Å². The van der Waals surface area contributed by atoms with Crippen LogP contribution in [0.15, 0.2) is 24.3 Å². The van der Waals surface area contributed by atoms with Crippen molar-refractivity contribution in [3.8, 4) is 0 Å². The Kier molecular flexibility index (Phi) is 17.3. The SMILES string of the molecule is CC1[CH-][C@H]2C([CH-]c3c[c-]nc4cc[c-]cc34)N2CC1.[Rb+].[Rb+].[Rb+].[Rb+]. The summed E-state index contributed by atoms with van der Waals surface area (Å²) in [5, 5.41) is 1.18. The van der Waals surface area contributed by atoms with Gasteiger partial charge in [0.2, 0.25) is 0 Å². The van der Waals surface area contributed by atoms with Crippen molar-refractivity contribution in [3.05, 3.63) is 54.9 Å². The van der Waals surface area contributed by atoms with Gasteiger partial charge in [0.1, 0.15) is 0 Å². The van der Waals surface area contributed by atoms with E-state index in [0.29, 0.717) is 12.1 Å². The Labute approximate surface area is 335 Å². The Morgan fingerprint density at radius 1 is 1.26 bits per heavy atom. The summed E-state index contributed by atoms with van der Waals surface area (Å²) in [5.74, 6) is 0.758. The molecule has 0 amide bonds. The molecule has 4 rings (SSSR count). The number of fused-ring (bicyclic) bond motifs is 2. The number of hydrogen-bond donors (Lipinski definition) is 0. The smallest absolute Gasteiger partial charge is 0.425 e. The number of hydrogen-bond acceptors (Lipinski definition) is 2. The van der Waals surface area contributed by atoms with Crippen LogP contribution in [0.2, 0.25) is 0 Å². The molecule has 0 radical (unpaired) electrons. The van der Waals surface area contributed by atoms with Crippen LogP contribution < -0.4 is 233 Å². The quantitative estimate of drug-likeness (QED) is 0.256. The molecule has 3 heterocycles. The standard InChI is InChI=1S/C17H16N2.4Rb/c1-12-7-9-19-16(10-12)17(19)11-13-6-8-18-15-5-3-2-4-14(13)15;;;;/h3-6,10-12,16-17H,7,9H2,1H3;;;;/q-4;4*+1/t12?,16-,17?,19?;;;;/m0..../s1. The van der Waals surface area contributed by atoms with Crippen LogP contribution in [0, 0.1) is 31.0 Å². The van der Waals surface area contributed by atoms with Gasteiger partial charge in [-0.05, 0) is 12.6 Å². The van der Waals surface area contributed by atoms with Crippen LogP contribution >= 0.6 is 0 Å². The molecule has 0 aliphatic carbocycles. The molecule has 2 aliphatic rings. The van der Waals surface area contributed by atoms with Gasteiger partial charge in [0.25, 0.3) is 0 Å². The van der Waals surface area contributed by atoms with Crippen molar-refractivity contribution < 1.29 is 233 Å². The van der Waals surface area contributed by atoms with Crippen LogP contribution in [-0.2, 0) is 0 Å². The maximum Gasteiger partial charge on any atom is 1.00 e. The normalized spacial score (nSPS) is 27.2. The number of aromatic nitrogens is 1. The zero-order valence-electron chi connectivity index (χ0n) is 15.0. The van der Waals surface area contributed by atoms with Crippen molar-refractivity contribution in [2.45, 2.75) is 25.4 Å². The fourth-order valence-electron chi connectivity index (χ4n) is 3.14. The summed E-state index contributed by atoms with van der Waals surface area (Å²) in [5.41, 5.74) is 2.24. The molecule has 2 aliphatic heterocycles. The number of piperidine rings is 1. The summed E-state index contributed by atoms with van der Waals surface area (Å²) < 4.78 is 0. The third kappa shape index (κ3) is 7.40. The van der Waals surface area contributed by atoms with Gasteiger partial charge in [-0.1, -0.05) is 13.3 Å². The van der Waals surface area contributed by atoms with Crippen LogP contribution in [0.25, 0.3) is 10.9 Å². The molecule has 23 heavy (non-hydrogen) atoms. The van der Waals surface area contributed by atoms with Crippen LogP contribution in [0.1, 0.15) is 18.9 Å². The molecule has 3 unspecified atom stereocenters. The van der Waals surface area contributed by atoms with Crippen molar-refractivity contribution in [1.82, 2.24) is 9.88 Å². The average Bonchev–Trinajstić information content (AvgIpc) is 3.11. The molecule has 1 aromatic carbocycles. The Balaban J connectivity index is 0.00000121. The first kappa shape index (κ1) is 28.7. The molecule has 4 atom stereocenters. The zero-order valence-corrected chi connectivity index (χ0v) is 34.7. The molecule has 0 bridgehead atoms. The molecular formula is C17H16N2Rb4. The zero-order chi connectivity index (χ0) is 12.8. The van der Waals surface area contributed by atoms with Gasteiger partial charge in [-0.15, -0.1) is 6.04 Å². The van der Waals surface area contributed by atoms with Crippen LogP contribution in [0.3, 0.4) is 0 Å². The van der Waals surface area contributed by atoms with Crippen LogP contribution in [0.5, 0.6) is 0 Å². The maximum absolute atomic E-state index is 4.29. The first-order valence-electron chi connectivity index (χ1n) is 6.95. The largest absolute Gasteiger partial charge is 1.00 e. The van der Waals surface area contributed by atoms with Crippen molar-refractivity contribution in [3.63, 3.8) is 0 Å². The van der Waals surface area contributed by atoms with E-state index < -0.39 is 0 Å². The number of rotatable bonds is 2. The first-order chi connectivity index (χ1) is 9.33. The van der Waals surface area contributed by atoms with E-state index in [0.717, 1.165) is 11.4 Å². The van der Waals surface area contributed by atoms with Gasteiger partial charge in [0.15, 0.2) is 0 Å². The Hall–Kier alpha value is 5.68. The summed E-state index contributed by atoms with van der Waals surface area (Å²) in [7, 11) is 0. The van der Waals surface area contributed by atoms with Crippen molar-refractivity contribution in [2.24, 2.45) is 5.92 Å². The summed E-state index contributed by atoms with van der Waals surface area (Å²) in [6.45, 7) is 3.54. The van der Waals surface area contributed by atoms with Crippen LogP contribution in [-0.4, -0.2) is 28.5 Å². The van der Waals surface area contributed by atoms with Crippen LogP contribution in [0.4, 0.5) is 0 Å². The average molecular weight is 590 g/mol. The summed E-state index contributed by atoms with van der Waals surface area (Å²) in [6.07, 6.45) is 9.15. The topological polar surface area (TPSA) is 15.9 Å². The molecule has 2 aromatic rings. The molecule has 6 heteroatoms. The predicted molar refractivity (Wildman–Crippen MR) is 75.2 cm³/mol. The molecule has 0 N–H and O–H groups in total. The van der Waals surface area contributed by atoms with E-state index in [-0.39, 0.29) is 233 Å². The molecule has 1 aromatic heterocycles. The minimum atomic E-state index is 0. The molecule has 0 spiro atoms. The molecule has 2 nitrogen and oxygen atoms in total. The maximum atomic E-state index is 4.29. The molecule has 0 saturated carbocycles. The van der Waals surface area contributed by atoms with E-state index in [1.165, 1.54) is 23.9 Å². The summed E-state index contributed by atoms with van der Waals surface area (Å²) in [4.78, 5) is 6.84. The summed E-state index contributed by atoms with van der Waals surface area (Å²) >= 11 is 0. The molecule has 2 fully saturated rings. The third-order valence-corrected chi connectivity index (χ3v) is 4.30. The van der Waals surface area contributed by atoms with E-state index in [4.69, 9.17) is 0 Å². The number of pyridine rings is 1. The number of nitrogens with zero attached hydrogens (tertiary/aromatic N) is 2. The fraction of sp³-hybridized carbons (Fsp3) is 0.353. The van der Waals surface area contributed by atoms with Gasteiger partial charge >= 0.3 is 233 Å². The second-order valence-corrected chi connectivity index (χ2v) is 5.63. The van der Waals surface area contributed by atoms with Gasteiger partial charge in [0, 0.05) is 0 Å². The van der Waals surface area contributed by atoms with Gasteiger partial charge in [-0.2, -0.15) is 35.8 Å². The third-order valence-electron chi connectivity index (χ3n) is 4.30. The van der Waals surface area contributed by atoms with E-state index in [1.807, 2.05) is 24.3 Å². The minimum absolute atomic E-state index is 0. The van der Waals surface area contributed by atoms with Crippen molar-refractivity contribution >= 4 is 10.9 Å². The summed E-state index contributed by atoms with van der Waals surface area (Å²) in [6, 6.07) is 12.3. The Morgan fingerprint density at radius 2 is 2.04 bits per heavy atom. The second-order valence-electron chi connectivity index (χ2n) is 5.63. The van der Waals surface area contributed by atoms with E-state index in [1.54, 1.807) is 0 Å². The Bertz CT molecular complexity index is 617. The predicted octanol–water partition coefficient (Wildman–Crippen LogP) is -9.30. The van der Waals surface area contributed by atoms with E-state index in [2.05, 4.69) is 41.9 Å². The monoisotopic (exact) mass is 588 g/mol. The second kappa shape index (κ2) is 13.9. The van der Waals surface area contributed by atoms with Gasteiger partial charge in [-0.3, -0.25) is 11.6 Å². The van der Waals surface area contributed by atoms with Gasteiger partial charge in [0.05, 0.1) is 0 Å². The Morgan fingerprint density at radius 3 is 2.78 bits per heavy atom. The fourth-order valence-corrected chi connectivity index (χ4v) is 3.14. The molecular weight excluding hydrogens is 574 g/mol. The van der Waals surface area contributed by atoms with Gasteiger partial charge in [-0.25, -0.2) is 17.9 Å². The minimum Gasteiger partial charge on any atom is -0.425 e. The van der Waals surface area contributed by atoms with Gasteiger partial charge < -0.3 is 16.3 Å².